The first kappa shape index (κ1) is 21.5. The summed E-state index contributed by atoms with van der Waals surface area (Å²) in [5, 5.41) is 6.74. The number of piperazine rings is 1. The van der Waals surface area contributed by atoms with Crippen molar-refractivity contribution in [2.75, 3.05) is 31.1 Å². The van der Waals surface area contributed by atoms with Crippen molar-refractivity contribution in [1.82, 2.24) is 14.7 Å². The molecule has 2 heterocycles. The molecule has 1 amide bonds. The van der Waals surface area contributed by atoms with Crippen LogP contribution in [-0.2, 0) is 0 Å². The summed E-state index contributed by atoms with van der Waals surface area (Å²) in [5.74, 6) is -0.195. The van der Waals surface area contributed by atoms with Gasteiger partial charge in [-0.3, -0.25) is 9.59 Å². The monoisotopic (exact) mass is 478 g/mol. The molecule has 0 bridgehead atoms. The summed E-state index contributed by atoms with van der Waals surface area (Å²) in [6, 6.07) is 21.6. The van der Waals surface area contributed by atoms with Crippen LogP contribution in [0.2, 0.25) is 10.0 Å². The van der Waals surface area contributed by atoms with Gasteiger partial charge in [0.15, 0.2) is 5.69 Å². The summed E-state index contributed by atoms with van der Waals surface area (Å²) in [6.45, 7) is 2.45. The molecule has 0 atom stereocenters. The number of nitrogens with zero attached hydrogens (tertiary/aromatic N) is 4. The van der Waals surface area contributed by atoms with Crippen molar-refractivity contribution in [3.8, 4) is 5.69 Å². The number of amides is 1. The maximum absolute atomic E-state index is 13.5. The quantitative estimate of drug-likeness (QED) is 0.429. The minimum Gasteiger partial charge on any atom is -0.368 e. The first-order valence-electron chi connectivity index (χ1n) is 10.6. The van der Waals surface area contributed by atoms with Gasteiger partial charge in [-0.05, 0) is 48.5 Å². The molecule has 166 valence electrons. The van der Waals surface area contributed by atoms with Gasteiger partial charge in [0.25, 0.3) is 11.5 Å². The number of anilines is 1. The molecular weight excluding hydrogens is 459 g/mol. The molecule has 8 heteroatoms. The van der Waals surface area contributed by atoms with Gasteiger partial charge < -0.3 is 9.80 Å². The number of fused-ring (bicyclic) bond motifs is 1. The Balaban J connectivity index is 1.48. The predicted octanol–water partition coefficient (Wildman–Crippen LogP) is 4.65. The Hall–Kier alpha value is -3.35. The van der Waals surface area contributed by atoms with Crippen LogP contribution in [0.15, 0.2) is 77.6 Å². The summed E-state index contributed by atoms with van der Waals surface area (Å²) >= 11 is 12.1. The van der Waals surface area contributed by atoms with E-state index in [9.17, 15) is 9.59 Å². The number of rotatable bonds is 3. The first-order valence-corrected chi connectivity index (χ1v) is 11.3. The predicted molar refractivity (Wildman–Crippen MR) is 132 cm³/mol. The van der Waals surface area contributed by atoms with Gasteiger partial charge in [-0.2, -0.15) is 9.78 Å². The van der Waals surface area contributed by atoms with Gasteiger partial charge in [-0.15, -0.1) is 0 Å². The van der Waals surface area contributed by atoms with E-state index in [0.29, 0.717) is 52.7 Å². The Kier molecular flexibility index (Phi) is 5.79. The van der Waals surface area contributed by atoms with Crippen LogP contribution >= 0.6 is 23.2 Å². The lowest BCUT2D eigenvalue weighted by atomic mass is 10.1. The van der Waals surface area contributed by atoms with Crippen LogP contribution in [0.3, 0.4) is 0 Å². The van der Waals surface area contributed by atoms with Crippen LogP contribution in [0.5, 0.6) is 0 Å². The van der Waals surface area contributed by atoms with Crippen molar-refractivity contribution in [2.24, 2.45) is 0 Å². The van der Waals surface area contributed by atoms with E-state index < -0.39 is 0 Å². The van der Waals surface area contributed by atoms with Gasteiger partial charge in [0.2, 0.25) is 0 Å². The second-order valence-corrected chi connectivity index (χ2v) is 8.72. The lowest BCUT2D eigenvalue weighted by Gasteiger charge is -2.36. The van der Waals surface area contributed by atoms with Gasteiger partial charge in [0, 0.05) is 47.3 Å². The number of hydrogen-bond acceptors (Lipinski definition) is 4. The van der Waals surface area contributed by atoms with Gasteiger partial charge in [0.05, 0.1) is 11.1 Å². The molecule has 1 fully saturated rings. The fraction of sp³-hybridized carbons (Fsp3) is 0.160. The highest BCUT2D eigenvalue weighted by Crippen LogP contribution is 2.23. The summed E-state index contributed by atoms with van der Waals surface area (Å²) in [7, 11) is 0. The third kappa shape index (κ3) is 4.19. The average molecular weight is 479 g/mol. The van der Waals surface area contributed by atoms with E-state index in [1.165, 1.54) is 4.68 Å². The summed E-state index contributed by atoms with van der Waals surface area (Å²) in [5.41, 5.74) is 1.57. The van der Waals surface area contributed by atoms with Crippen molar-refractivity contribution in [3.05, 3.63) is 98.9 Å². The first-order chi connectivity index (χ1) is 16.0. The van der Waals surface area contributed by atoms with E-state index in [4.69, 9.17) is 23.2 Å². The van der Waals surface area contributed by atoms with Crippen LogP contribution in [0.1, 0.15) is 10.5 Å². The minimum atomic E-state index is -0.282. The highest BCUT2D eigenvalue weighted by molar-refractivity contribution is 6.31. The summed E-state index contributed by atoms with van der Waals surface area (Å²) in [6.07, 6.45) is 0. The molecule has 0 N–H and O–H groups in total. The molecule has 5 rings (SSSR count). The molecule has 4 aromatic rings. The molecule has 0 aliphatic carbocycles. The Bertz CT molecular complexity index is 1390. The Labute approximate surface area is 200 Å². The number of hydrogen-bond donors (Lipinski definition) is 0. The van der Waals surface area contributed by atoms with Crippen molar-refractivity contribution in [3.63, 3.8) is 0 Å². The third-order valence-corrected chi connectivity index (χ3v) is 6.31. The normalized spacial score (nSPS) is 14.0. The average Bonchev–Trinajstić information content (AvgIpc) is 2.85. The van der Waals surface area contributed by atoms with Crippen LogP contribution in [-0.4, -0.2) is 46.8 Å². The molecule has 1 aliphatic heterocycles. The molecule has 1 aliphatic rings. The van der Waals surface area contributed by atoms with E-state index in [1.807, 2.05) is 30.3 Å². The Morgan fingerprint density at radius 1 is 0.758 bits per heavy atom. The molecule has 33 heavy (non-hydrogen) atoms. The molecule has 3 aromatic carbocycles. The van der Waals surface area contributed by atoms with Crippen molar-refractivity contribution in [2.45, 2.75) is 0 Å². The zero-order chi connectivity index (χ0) is 22.9. The number of aromatic nitrogens is 2. The largest absolute Gasteiger partial charge is 0.368 e. The second-order valence-electron chi connectivity index (χ2n) is 7.85. The molecule has 0 unspecified atom stereocenters. The van der Waals surface area contributed by atoms with Crippen LogP contribution in [0.25, 0.3) is 16.5 Å². The van der Waals surface area contributed by atoms with Crippen molar-refractivity contribution >= 4 is 45.6 Å². The van der Waals surface area contributed by atoms with Crippen molar-refractivity contribution < 1.29 is 4.79 Å². The number of benzene rings is 3. The van der Waals surface area contributed by atoms with Crippen LogP contribution in [0, 0.1) is 0 Å². The highest BCUT2D eigenvalue weighted by atomic mass is 35.5. The molecule has 0 saturated carbocycles. The maximum Gasteiger partial charge on any atom is 0.279 e. The molecule has 6 nitrogen and oxygen atoms in total. The smallest absolute Gasteiger partial charge is 0.279 e. The Morgan fingerprint density at radius 3 is 2.15 bits per heavy atom. The van der Waals surface area contributed by atoms with Crippen LogP contribution < -0.4 is 10.5 Å². The van der Waals surface area contributed by atoms with E-state index in [0.717, 1.165) is 5.69 Å². The fourth-order valence-electron chi connectivity index (χ4n) is 4.10. The van der Waals surface area contributed by atoms with Crippen LogP contribution in [0.4, 0.5) is 5.69 Å². The fourth-order valence-corrected chi connectivity index (χ4v) is 4.41. The maximum atomic E-state index is 13.5. The zero-order valence-electron chi connectivity index (χ0n) is 17.6. The molecule has 0 radical (unpaired) electrons. The molecular formula is C25H20Cl2N4O2. The van der Waals surface area contributed by atoms with Crippen molar-refractivity contribution in [1.29, 1.82) is 0 Å². The Morgan fingerprint density at radius 2 is 1.45 bits per heavy atom. The lowest BCUT2D eigenvalue weighted by Crippen LogP contribution is -2.49. The number of halogens is 2. The van der Waals surface area contributed by atoms with E-state index in [2.05, 4.69) is 10.00 Å². The molecule has 0 spiro atoms. The SMILES string of the molecule is O=C(c1nn(-c2ccc(Cl)cc2)c(=O)c2ccccc12)N1CCN(c2cccc(Cl)c2)CC1. The third-order valence-electron chi connectivity index (χ3n) is 5.82. The van der Waals surface area contributed by atoms with E-state index in [-0.39, 0.29) is 17.2 Å². The highest BCUT2D eigenvalue weighted by Gasteiger charge is 2.26. The number of carbonyl (C=O) groups excluding carboxylic acids is 1. The lowest BCUT2D eigenvalue weighted by molar-refractivity contribution is 0.0741. The topological polar surface area (TPSA) is 58.4 Å². The summed E-state index contributed by atoms with van der Waals surface area (Å²) in [4.78, 5) is 30.7. The molecule has 1 saturated heterocycles. The second kappa shape index (κ2) is 8.89. The minimum absolute atomic E-state index is 0.195. The van der Waals surface area contributed by atoms with Gasteiger partial charge in [-0.1, -0.05) is 47.5 Å². The van der Waals surface area contributed by atoms with E-state index in [1.54, 1.807) is 47.4 Å². The summed E-state index contributed by atoms with van der Waals surface area (Å²) < 4.78 is 1.27. The molecule has 1 aromatic heterocycles. The van der Waals surface area contributed by atoms with E-state index >= 15 is 0 Å². The number of carbonyl (C=O) groups is 1. The van der Waals surface area contributed by atoms with Gasteiger partial charge >= 0.3 is 0 Å². The van der Waals surface area contributed by atoms with Gasteiger partial charge in [0.1, 0.15) is 0 Å². The van der Waals surface area contributed by atoms with Gasteiger partial charge in [-0.25, -0.2) is 0 Å². The standard InChI is InChI=1S/C25H20Cl2N4O2/c26-17-8-10-19(11-9-17)31-24(32)22-7-2-1-6-21(22)23(28-31)25(33)30-14-12-29(13-15-30)20-5-3-4-18(27)16-20/h1-11,16H,12-15H2. The zero-order valence-corrected chi connectivity index (χ0v) is 19.1.